The second-order valence-corrected chi connectivity index (χ2v) is 8.84. The molecule has 0 heterocycles. The summed E-state index contributed by atoms with van der Waals surface area (Å²) in [6.45, 7) is 2.06. The fraction of sp³-hybridized carbons (Fsp3) is 0.519. The number of hydrogen-bond acceptors (Lipinski definition) is 2. The molecule has 0 saturated carbocycles. The van der Waals surface area contributed by atoms with E-state index in [2.05, 4.69) is 31.2 Å². The summed E-state index contributed by atoms with van der Waals surface area (Å²) >= 11 is 0. The fourth-order valence-electron chi connectivity index (χ4n) is 4.26. The van der Waals surface area contributed by atoms with Crippen molar-refractivity contribution in [2.75, 3.05) is 0 Å². The van der Waals surface area contributed by atoms with Crippen LogP contribution in [0.1, 0.15) is 82.3 Å². The number of rotatable bonds is 15. The Morgan fingerprint density at radius 2 is 1.40 bits per heavy atom. The van der Waals surface area contributed by atoms with Crippen LogP contribution in [0.2, 0.25) is 0 Å². The molecule has 0 aliphatic heterocycles. The van der Waals surface area contributed by atoms with Crippen LogP contribution in [0.5, 0.6) is 0 Å². The van der Waals surface area contributed by atoms with Gasteiger partial charge in [0.05, 0.1) is 12.5 Å². The average Bonchev–Trinajstić information content (AvgIpc) is 2.74. The minimum Gasteiger partial charge on any atom is -0.481 e. The molecule has 2 N–H and O–H groups in total. The summed E-state index contributed by atoms with van der Waals surface area (Å²) in [5.41, 5.74) is 2.16. The number of carbonyl (C=O) groups is 1. The average molecular weight is 411 g/mol. The van der Waals surface area contributed by atoms with E-state index in [4.69, 9.17) is 0 Å². The van der Waals surface area contributed by atoms with E-state index < -0.39 is 5.97 Å². The molecule has 0 spiro atoms. The molecule has 164 valence electrons. The van der Waals surface area contributed by atoms with Crippen LogP contribution in [-0.4, -0.2) is 22.3 Å². The minimum atomic E-state index is -0.746. The molecule has 1 unspecified atom stereocenters. The first-order chi connectivity index (χ1) is 14.5. The predicted octanol–water partition coefficient (Wildman–Crippen LogP) is 6.53. The van der Waals surface area contributed by atoms with Crippen molar-refractivity contribution in [3.05, 3.63) is 71.8 Å². The number of hydrogen-bond donors (Lipinski definition) is 2. The summed E-state index contributed by atoms with van der Waals surface area (Å²) in [4.78, 5) is 11.4. The van der Waals surface area contributed by atoms with Gasteiger partial charge in [0.15, 0.2) is 0 Å². The molecule has 0 aliphatic rings. The molecule has 0 saturated heterocycles. The van der Waals surface area contributed by atoms with E-state index >= 15 is 0 Å². The summed E-state index contributed by atoms with van der Waals surface area (Å²) < 4.78 is 0. The first-order valence-corrected chi connectivity index (χ1v) is 11.5. The van der Waals surface area contributed by atoms with Crippen LogP contribution in [0, 0.1) is 0 Å². The van der Waals surface area contributed by atoms with Crippen LogP contribution in [-0.2, 0) is 16.6 Å². The molecule has 2 rings (SSSR count). The highest BCUT2D eigenvalue weighted by molar-refractivity contribution is 5.69. The van der Waals surface area contributed by atoms with Gasteiger partial charge in [-0.25, -0.2) is 0 Å². The highest BCUT2D eigenvalue weighted by atomic mass is 16.4. The Labute approximate surface area is 182 Å². The number of benzene rings is 2. The number of carboxylic acid groups (broad SMARTS) is 1. The highest BCUT2D eigenvalue weighted by Crippen LogP contribution is 2.33. The van der Waals surface area contributed by atoms with Gasteiger partial charge in [-0.1, -0.05) is 99.7 Å². The van der Waals surface area contributed by atoms with E-state index in [1.807, 2.05) is 36.4 Å². The lowest BCUT2D eigenvalue weighted by molar-refractivity contribution is -0.138. The van der Waals surface area contributed by atoms with Crippen LogP contribution in [0.3, 0.4) is 0 Å². The van der Waals surface area contributed by atoms with E-state index in [0.717, 1.165) is 63.4 Å². The molecular weight excluding hydrogens is 372 g/mol. The van der Waals surface area contributed by atoms with Crippen molar-refractivity contribution in [3.63, 3.8) is 0 Å². The Balaban J connectivity index is 1.58. The normalized spacial score (nSPS) is 14.2. The zero-order valence-electron chi connectivity index (χ0n) is 18.4. The standard InChI is InChI=1S/C27H38O3/c1-27(22-26(29)30,24-17-9-4-10-18-24)21-13-5-12-20-25(28)19-11-3-8-16-23-14-6-2-7-15-23/h2,4,6-7,9-10,14-15,17-18,25,28H,3,5,8,11-13,16,19-22H2,1H3,(H,29,30)/t25?,27-/m1/s1. The second-order valence-electron chi connectivity index (χ2n) is 8.84. The molecule has 30 heavy (non-hydrogen) atoms. The van der Waals surface area contributed by atoms with Crippen molar-refractivity contribution < 1.29 is 15.0 Å². The molecule has 0 radical (unpaired) electrons. The van der Waals surface area contributed by atoms with E-state index in [0.29, 0.717) is 0 Å². The summed E-state index contributed by atoms with van der Waals surface area (Å²) in [5.74, 6) is -0.746. The third-order valence-electron chi connectivity index (χ3n) is 6.12. The zero-order valence-corrected chi connectivity index (χ0v) is 18.4. The number of aliphatic carboxylic acids is 1. The van der Waals surface area contributed by atoms with Gasteiger partial charge < -0.3 is 10.2 Å². The molecule has 3 heteroatoms. The molecule has 2 aromatic carbocycles. The summed E-state index contributed by atoms with van der Waals surface area (Å²) in [6.07, 6.45) is 10.1. The van der Waals surface area contributed by atoms with Gasteiger partial charge in [-0.05, 0) is 43.2 Å². The maximum Gasteiger partial charge on any atom is 0.304 e. The quantitative estimate of drug-likeness (QED) is 0.328. The van der Waals surface area contributed by atoms with Crippen molar-refractivity contribution >= 4 is 5.97 Å². The van der Waals surface area contributed by atoms with E-state index in [1.165, 1.54) is 12.0 Å². The number of aliphatic hydroxyl groups excluding tert-OH is 1. The van der Waals surface area contributed by atoms with Crippen molar-refractivity contribution in [3.8, 4) is 0 Å². The lowest BCUT2D eigenvalue weighted by atomic mass is 9.75. The molecule has 2 aromatic rings. The largest absolute Gasteiger partial charge is 0.481 e. The fourth-order valence-corrected chi connectivity index (χ4v) is 4.26. The smallest absolute Gasteiger partial charge is 0.304 e. The first kappa shape index (κ1) is 24.1. The lowest BCUT2D eigenvalue weighted by Crippen LogP contribution is -2.25. The SMILES string of the molecule is C[C@@](CCCCCC(O)CCCCCc1ccccc1)(CC(=O)O)c1ccccc1. The van der Waals surface area contributed by atoms with E-state index in [1.54, 1.807) is 0 Å². The van der Waals surface area contributed by atoms with E-state index in [9.17, 15) is 15.0 Å². The third kappa shape index (κ3) is 9.13. The Kier molecular flexibility index (Phi) is 10.6. The van der Waals surface area contributed by atoms with Gasteiger partial charge in [0, 0.05) is 5.41 Å². The van der Waals surface area contributed by atoms with Crippen LogP contribution in [0.4, 0.5) is 0 Å². The third-order valence-corrected chi connectivity index (χ3v) is 6.12. The molecule has 0 bridgehead atoms. The van der Waals surface area contributed by atoms with Gasteiger partial charge in [-0.2, -0.15) is 0 Å². The Hall–Kier alpha value is -2.13. The summed E-state index contributed by atoms with van der Waals surface area (Å²) in [6, 6.07) is 20.6. The summed E-state index contributed by atoms with van der Waals surface area (Å²) in [7, 11) is 0. The zero-order chi connectivity index (χ0) is 21.7. The van der Waals surface area contributed by atoms with Crippen LogP contribution in [0.15, 0.2) is 60.7 Å². The summed E-state index contributed by atoms with van der Waals surface area (Å²) in [5, 5.41) is 19.6. The number of aliphatic hydroxyl groups is 1. The van der Waals surface area contributed by atoms with Crippen LogP contribution >= 0.6 is 0 Å². The minimum absolute atomic E-state index is 0.155. The van der Waals surface area contributed by atoms with Gasteiger partial charge >= 0.3 is 5.97 Å². The Morgan fingerprint density at radius 3 is 2.00 bits per heavy atom. The van der Waals surface area contributed by atoms with Crippen LogP contribution < -0.4 is 0 Å². The highest BCUT2D eigenvalue weighted by Gasteiger charge is 2.28. The number of unbranched alkanes of at least 4 members (excludes halogenated alkanes) is 4. The van der Waals surface area contributed by atoms with Gasteiger partial charge in [0.2, 0.25) is 0 Å². The Morgan fingerprint density at radius 1 is 0.833 bits per heavy atom. The molecule has 3 nitrogen and oxygen atoms in total. The molecule has 2 atom stereocenters. The molecule has 0 aromatic heterocycles. The Bertz CT molecular complexity index is 713. The van der Waals surface area contributed by atoms with Gasteiger partial charge in [0.1, 0.15) is 0 Å². The lowest BCUT2D eigenvalue weighted by Gasteiger charge is -2.28. The molecule has 0 amide bonds. The van der Waals surface area contributed by atoms with Crippen molar-refractivity contribution in [2.45, 2.75) is 89.1 Å². The number of carboxylic acids is 1. The van der Waals surface area contributed by atoms with Crippen molar-refractivity contribution in [2.24, 2.45) is 0 Å². The van der Waals surface area contributed by atoms with Gasteiger partial charge in [-0.15, -0.1) is 0 Å². The molecule has 0 fully saturated rings. The number of aryl methyl sites for hydroxylation is 1. The van der Waals surface area contributed by atoms with Crippen LogP contribution in [0.25, 0.3) is 0 Å². The van der Waals surface area contributed by atoms with Crippen molar-refractivity contribution in [1.29, 1.82) is 0 Å². The maximum atomic E-state index is 11.4. The van der Waals surface area contributed by atoms with Gasteiger partial charge in [-0.3, -0.25) is 4.79 Å². The van der Waals surface area contributed by atoms with Gasteiger partial charge in [0.25, 0.3) is 0 Å². The van der Waals surface area contributed by atoms with Crippen molar-refractivity contribution in [1.82, 2.24) is 0 Å². The predicted molar refractivity (Wildman–Crippen MR) is 124 cm³/mol. The monoisotopic (exact) mass is 410 g/mol. The van der Waals surface area contributed by atoms with E-state index in [-0.39, 0.29) is 17.9 Å². The first-order valence-electron chi connectivity index (χ1n) is 11.5. The topological polar surface area (TPSA) is 57.5 Å². The second kappa shape index (κ2) is 13.2. The maximum absolute atomic E-state index is 11.4. The molecular formula is C27H38O3. The molecule has 0 aliphatic carbocycles.